The highest BCUT2D eigenvalue weighted by Crippen LogP contribution is 2.26. The first kappa shape index (κ1) is 16.1. The van der Waals surface area contributed by atoms with Crippen molar-refractivity contribution in [2.75, 3.05) is 16.9 Å². The Morgan fingerprint density at radius 3 is 2.48 bits per heavy atom. The number of halogens is 2. The Morgan fingerprint density at radius 1 is 1.09 bits per heavy atom. The number of anilines is 2. The van der Waals surface area contributed by atoms with Crippen molar-refractivity contribution in [2.45, 2.75) is 6.42 Å². The van der Waals surface area contributed by atoms with Crippen molar-refractivity contribution in [2.24, 2.45) is 0 Å². The van der Waals surface area contributed by atoms with Gasteiger partial charge in [-0.1, -0.05) is 35.3 Å². The lowest BCUT2D eigenvalue weighted by Crippen LogP contribution is -2.45. The van der Waals surface area contributed by atoms with E-state index in [9.17, 15) is 4.79 Å². The van der Waals surface area contributed by atoms with Gasteiger partial charge in [0, 0.05) is 11.4 Å². The number of rotatable bonds is 2. The summed E-state index contributed by atoms with van der Waals surface area (Å²) in [6.07, 6.45) is 0.396. The first-order chi connectivity index (χ1) is 11.1. The van der Waals surface area contributed by atoms with E-state index in [1.807, 2.05) is 18.2 Å². The minimum Gasteiger partial charge on any atom is -0.330 e. The third-order valence-corrected chi connectivity index (χ3v) is 4.33. The smallest absolute Gasteiger partial charge is 0.247 e. The van der Waals surface area contributed by atoms with E-state index in [1.165, 1.54) is 0 Å². The van der Waals surface area contributed by atoms with Gasteiger partial charge in [0.25, 0.3) is 0 Å². The van der Waals surface area contributed by atoms with Crippen molar-refractivity contribution in [3.8, 4) is 0 Å². The van der Waals surface area contributed by atoms with Gasteiger partial charge in [-0.2, -0.15) is 0 Å². The maximum atomic E-state index is 12.2. The minimum absolute atomic E-state index is 0.0179. The summed E-state index contributed by atoms with van der Waals surface area (Å²) in [6.45, 7) is 0.512. The summed E-state index contributed by atoms with van der Waals surface area (Å²) in [7, 11) is 0. The molecular weight excluding hydrogens is 353 g/mol. The second-order valence-corrected chi connectivity index (χ2v) is 6.20. The lowest BCUT2D eigenvalue weighted by atomic mass is 10.3. The average Bonchev–Trinajstić information content (AvgIpc) is 2.92. The van der Waals surface area contributed by atoms with Crippen LogP contribution in [-0.2, 0) is 4.79 Å². The van der Waals surface area contributed by atoms with Gasteiger partial charge in [0.05, 0.1) is 22.9 Å². The number of nitrogens with one attached hydrogen (secondary N) is 1. The first-order valence-corrected chi connectivity index (χ1v) is 8.14. The number of benzene rings is 2. The van der Waals surface area contributed by atoms with Gasteiger partial charge in [0.15, 0.2) is 5.11 Å². The summed E-state index contributed by atoms with van der Waals surface area (Å²) in [5.41, 5.74) is 1.43. The van der Waals surface area contributed by atoms with Crippen molar-refractivity contribution in [3.63, 3.8) is 0 Å². The predicted molar refractivity (Wildman–Crippen MR) is 97.9 cm³/mol. The van der Waals surface area contributed by atoms with Crippen LogP contribution in [0.3, 0.4) is 0 Å². The number of hydrazine groups is 1. The molecule has 0 saturated carbocycles. The van der Waals surface area contributed by atoms with Gasteiger partial charge < -0.3 is 5.32 Å². The van der Waals surface area contributed by atoms with Crippen LogP contribution in [0.25, 0.3) is 0 Å². The van der Waals surface area contributed by atoms with E-state index in [2.05, 4.69) is 5.32 Å². The molecule has 2 aromatic rings. The van der Waals surface area contributed by atoms with Crippen LogP contribution in [0, 0.1) is 0 Å². The second-order valence-electron chi connectivity index (χ2n) is 4.97. The van der Waals surface area contributed by atoms with Crippen LogP contribution >= 0.6 is 35.4 Å². The molecule has 0 bridgehead atoms. The highest BCUT2D eigenvalue weighted by molar-refractivity contribution is 7.80. The van der Waals surface area contributed by atoms with Crippen LogP contribution in [-0.4, -0.2) is 22.6 Å². The third kappa shape index (κ3) is 3.42. The zero-order valence-electron chi connectivity index (χ0n) is 12.0. The molecule has 0 unspecified atom stereocenters. The van der Waals surface area contributed by atoms with Crippen molar-refractivity contribution in [1.82, 2.24) is 5.01 Å². The molecule has 0 aromatic heterocycles. The summed E-state index contributed by atoms with van der Waals surface area (Å²) < 4.78 is 0. The fourth-order valence-corrected chi connectivity index (χ4v) is 2.93. The van der Waals surface area contributed by atoms with Crippen molar-refractivity contribution >= 4 is 57.8 Å². The van der Waals surface area contributed by atoms with Crippen LogP contribution < -0.4 is 10.3 Å². The molecule has 0 spiro atoms. The van der Waals surface area contributed by atoms with E-state index in [-0.39, 0.29) is 5.91 Å². The average molecular weight is 366 g/mol. The number of para-hydroxylation sites is 1. The first-order valence-electron chi connectivity index (χ1n) is 6.98. The SMILES string of the molecule is O=C1CCN(C(=S)Nc2ccccc2Cl)N1c1ccc(Cl)cc1. The molecule has 1 fully saturated rings. The van der Waals surface area contributed by atoms with Crippen molar-refractivity contribution < 1.29 is 4.79 Å². The highest BCUT2D eigenvalue weighted by Gasteiger charge is 2.32. The monoisotopic (exact) mass is 365 g/mol. The molecule has 1 aliphatic heterocycles. The number of hydrogen-bond acceptors (Lipinski definition) is 2. The quantitative estimate of drug-likeness (QED) is 0.802. The van der Waals surface area contributed by atoms with Gasteiger partial charge in [-0.05, 0) is 48.6 Å². The zero-order valence-corrected chi connectivity index (χ0v) is 14.3. The maximum absolute atomic E-state index is 12.2. The largest absolute Gasteiger partial charge is 0.330 e. The number of carbonyl (C=O) groups is 1. The molecule has 0 atom stereocenters. The highest BCUT2D eigenvalue weighted by atomic mass is 35.5. The molecular formula is C16H13Cl2N3OS. The minimum atomic E-state index is -0.0179. The Kier molecular flexibility index (Phi) is 4.71. The maximum Gasteiger partial charge on any atom is 0.247 e. The van der Waals surface area contributed by atoms with Crippen LogP contribution in [0.4, 0.5) is 11.4 Å². The molecule has 1 saturated heterocycles. The van der Waals surface area contributed by atoms with E-state index < -0.39 is 0 Å². The number of nitrogens with zero attached hydrogens (tertiary/aromatic N) is 2. The Labute approximate surface area is 149 Å². The summed E-state index contributed by atoms with van der Waals surface area (Å²) in [4.78, 5) is 12.2. The van der Waals surface area contributed by atoms with Gasteiger partial charge in [-0.3, -0.25) is 9.80 Å². The van der Waals surface area contributed by atoms with E-state index in [1.54, 1.807) is 40.3 Å². The number of carbonyl (C=O) groups excluding carboxylic acids is 1. The van der Waals surface area contributed by atoms with Gasteiger partial charge in [0.1, 0.15) is 0 Å². The normalized spacial score (nSPS) is 14.3. The molecule has 23 heavy (non-hydrogen) atoms. The summed E-state index contributed by atoms with van der Waals surface area (Å²) in [6, 6.07) is 14.4. The molecule has 0 aliphatic carbocycles. The van der Waals surface area contributed by atoms with Crippen molar-refractivity contribution in [1.29, 1.82) is 0 Å². The molecule has 2 aromatic carbocycles. The lowest BCUT2D eigenvalue weighted by molar-refractivity contribution is -0.117. The second kappa shape index (κ2) is 6.74. The standard InChI is InChI=1S/C16H13Cl2N3OS/c17-11-5-7-12(8-6-11)21-15(22)9-10-20(21)16(23)19-14-4-2-1-3-13(14)18/h1-8H,9-10H2,(H,19,23). The lowest BCUT2D eigenvalue weighted by Gasteiger charge is -2.30. The number of amides is 1. The van der Waals surface area contributed by atoms with Gasteiger partial charge in [-0.15, -0.1) is 0 Å². The van der Waals surface area contributed by atoms with Gasteiger partial charge >= 0.3 is 0 Å². The fourth-order valence-electron chi connectivity index (χ4n) is 2.34. The zero-order chi connectivity index (χ0) is 16.4. The Morgan fingerprint density at radius 2 is 1.78 bits per heavy atom. The topological polar surface area (TPSA) is 35.6 Å². The van der Waals surface area contributed by atoms with Gasteiger partial charge in [0.2, 0.25) is 5.91 Å². The Hall–Kier alpha value is -1.82. The molecule has 118 valence electrons. The molecule has 4 nitrogen and oxygen atoms in total. The fraction of sp³-hybridized carbons (Fsp3) is 0.125. The van der Waals surface area contributed by atoms with Crippen molar-refractivity contribution in [3.05, 3.63) is 58.6 Å². The summed E-state index contributed by atoms with van der Waals surface area (Å²) in [5.74, 6) is -0.0179. The molecule has 0 radical (unpaired) electrons. The molecule has 1 aliphatic rings. The van der Waals surface area contributed by atoms with Crippen LogP contribution in [0.1, 0.15) is 6.42 Å². The predicted octanol–water partition coefficient (Wildman–Crippen LogP) is 4.34. The Balaban J connectivity index is 1.83. The summed E-state index contributed by atoms with van der Waals surface area (Å²) >= 11 is 17.5. The molecule has 1 N–H and O–H groups in total. The van der Waals surface area contributed by atoms with E-state index >= 15 is 0 Å². The van der Waals surface area contributed by atoms with Gasteiger partial charge in [-0.25, -0.2) is 5.01 Å². The Bertz CT molecular complexity index is 751. The molecule has 1 heterocycles. The summed E-state index contributed by atoms with van der Waals surface area (Å²) in [5, 5.41) is 7.97. The molecule has 7 heteroatoms. The van der Waals surface area contributed by atoms with E-state index in [0.717, 1.165) is 5.69 Å². The van der Waals surface area contributed by atoms with E-state index in [0.29, 0.717) is 33.8 Å². The van der Waals surface area contributed by atoms with Crippen LogP contribution in [0.15, 0.2) is 48.5 Å². The van der Waals surface area contributed by atoms with E-state index in [4.69, 9.17) is 35.4 Å². The molecule has 3 rings (SSSR count). The van der Waals surface area contributed by atoms with Crippen LogP contribution in [0.2, 0.25) is 10.0 Å². The van der Waals surface area contributed by atoms with Crippen LogP contribution in [0.5, 0.6) is 0 Å². The molecule has 1 amide bonds. The number of thiocarbonyl (C=S) groups is 1. The third-order valence-electron chi connectivity index (χ3n) is 3.44. The number of hydrogen-bond donors (Lipinski definition) is 1.